The summed E-state index contributed by atoms with van der Waals surface area (Å²) in [6.45, 7) is 4.91. The Morgan fingerprint density at radius 1 is 1.53 bits per heavy atom. The molecule has 19 heavy (non-hydrogen) atoms. The second-order valence-electron chi connectivity index (χ2n) is 5.07. The van der Waals surface area contributed by atoms with Crippen molar-refractivity contribution in [3.8, 4) is 0 Å². The summed E-state index contributed by atoms with van der Waals surface area (Å²) < 4.78 is 6.66. The molecular weight excluding hydrogens is 326 g/mol. The zero-order chi connectivity index (χ0) is 13.7. The zero-order valence-corrected chi connectivity index (χ0v) is 13.6. The topological polar surface area (TPSA) is 21.3 Å². The van der Waals surface area contributed by atoms with Gasteiger partial charge in [0.15, 0.2) is 0 Å². The first-order chi connectivity index (χ1) is 9.22. The second-order valence-corrected chi connectivity index (χ2v) is 6.40. The normalized spacial score (nSPS) is 21.3. The van der Waals surface area contributed by atoms with Gasteiger partial charge in [-0.1, -0.05) is 40.5 Å². The van der Waals surface area contributed by atoms with Crippen molar-refractivity contribution in [2.24, 2.45) is 5.92 Å². The molecule has 106 valence electrons. The molecule has 1 N–H and O–H groups in total. The van der Waals surface area contributed by atoms with E-state index in [9.17, 15) is 0 Å². The van der Waals surface area contributed by atoms with Crippen LogP contribution in [-0.2, 0) is 4.74 Å². The minimum absolute atomic E-state index is 0.292. The van der Waals surface area contributed by atoms with Gasteiger partial charge in [-0.2, -0.15) is 0 Å². The van der Waals surface area contributed by atoms with Crippen molar-refractivity contribution >= 4 is 27.5 Å². The van der Waals surface area contributed by atoms with Crippen LogP contribution < -0.4 is 5.32 Å². The Hall–Kier alpha value is -0.0900. The van der Waals surface area contributed by atoms with Crippen LogP contribution in [0.15, 0.2) is 22.7 Å². The minimum atomic E-state index is 0.292. The van der Waals surface area contributed by atoms with Crippen LogP contribution in [0.5, 0.6) is 0 Å². The molecule has 0 spiro atoms. The van der Waals surface area contributed by atoms with Crippen LogP contribution in [0.2, 0.25) is 5.02 Å². The summed E-state index contributed by atoms with van der Waals surface area (Å²) >= 11 is 9.88. The molecule has 2 unspecified atom stereocenters. The standard InChI is InChI=1S/C15H21BrClNO/c1-2-7-18-15(11-4-3-8-19-10-11)13-6-5-12(16)9-14(13)17/h5-6,9,11,15,18H,2-4,7-8,10H2,1H3. The van der Waals surface area contributed by atoms with Crippen LogP contribution in [0.4, 0.5) is 0 Å². The first-order valence-electron chi connectivity index (χ1n) is 6.98. The smallest absolute Gasteiger partial charge is 0.0512 e. The van der Waals surface area contributed by atoms with Crippen LogP contribution >= 0.6 is 27.5 Å². The van der Waals surface area contributed by atoms with Crippen molar-refractivity contribution in [2.75, 3.05) is 19.8 Å². The molecule has 0 aromatic heterocycles. The van der Waals surface area contributed by atoms with Crippen LogP contribution in [0, 0.1) is 5.92 Å². The molecular formula is C15H21BrClNO. The molecule has 2 rings (SSSR count). The highest BCUT2D eigenvalue weighted by atomic mass is 79.9. The van der Waals surface area contributed by atoms with E-state index in [1.165, 1.54) is 12.0 Å². The van der Waals surface area contributed by atoms with Gasteiger partial charge in [0, 0.05) is 28.1 Å². The molecule has 0 bridgehead atoms. The van der Waals surface area contributed by atoms with E-state index in [0.29, 0.717) is 12.0 Å². The number of rotatable bonds is 5. The predicted octanol–water partition coefficient (Wildman–Crippen LogP) is 4.57. The first kappa shape index (κ1) is 15.3. The maximum Gasteiger partial charge on any atom is 0.0512 e. The molecule has 2 atom stereocenters. The van der Waals surface area contributed by atoms with E-state index in [-0.39, 0.29) is 0 Å². The number of nitrogens with one attached hydrogen (secondary N) is 1. The fourth-order valence-corrected chi connectivity index (χ4v) is 3.40. The molecule has 0 amide bonds. The van der Waals surface area contributed by atoms with E-state index >= 15 is 0 Å². The molecule has 1 heterocycles. The Labute approximate surface area is 129 Å². The molecule has 0 aliphatic carbocycles. The highest BCUT2D eigenvalue weighted by Crippen LogP contribution is 2.34. The number of benzene rings is 1. The van der Waals surface area contributed by atoms with Gasteiger partial charge in [-0.15, -0.1) is 0 Å². The van der Waals surface area contributed by atoms with Gasteiger partial charge in [0.1, 0.15) is 0 Å². The highest BCUT2D eigenvalue weighted by molar-refractivity contribution is 9.10. The third-order valence-electron chi connectivity index (χ3n) is 3.58. The number of halogens is 2. The van der Waals surface area contributed by atoms with Gasteiger partial charge in [0.25, 0.3) is 0 Å². The molecule has 1 aromatic carbocycles. The summed E-state index contributed by atoms with van der Waals surface area (Å²) in [4.78, 5) is 0. The van der Waals surface area contributed by atoms with Crippen LogP contribution in [-0.4, -0.2) is 19.8 Å². The molecule has 4 heteroatoms. The lowest BCUT2D eigenvalue weighted by Crippen LogP contribution is -2.34. The third kappa shape index (κ3) is 4.19. The fourth-order valence-electron chi connectivity index (χ4n) is 2.61. The van der Waals surface area contributed by atoms with Crippen molar-refractivity contribution in [3.63, 3.8) is 0 Å². The van der Waals surface area contributed by atoms with Gasteiger partial charge in [-0.3, -0.25) is 0 Å². The van der Waals surface area contributed by atoms with Gasteiger partial charge in [-0.05, 0) is 43.5 Å². The Morgan fingerprint density at radius 3 is 3.00 bits per heavy atom. The summed E-state index contributed by atoms with van der Waals surface area (Å²) in [6.07, 6.45) is 3.47. The van der Waals surface area contributed by atoms with Gasteiger partial charge >= 0.3 is 0 Å². The molecule has 0 radical (unpaired) electrons. The van der Waals surface area contributed by atoms with E-state index < -0.39 is 0 Å². The molecule has 1 saturated heterocycles. The van der Waals surface area contributed by atoms with E-state index in [4.69, 9.17) is 16.3 Å². The quantitative estimate of drug-likeness (QED) is 0.843. The molecule has 1 aliphatic heterocycles. The van der Waals surface area contributed by atoms with Gasteiger partial charge in [0.2, 0.25) is 0 Å². The summed E-state index contributed by atoms with van der Waals surface area (Å²) in [5.41, 5.74) is 1.19. The lowest BCUT2D eigenvalue weighted by molar-refractivity contribution is 0.0390. The zero-order valence-electron chi connectivity index (χ0n) is 11.3. The van der Waals surface area contributed by atoms with E-state index in [1.807, 2.05) is 6.07 Å². The average molecular weight is 347 g/mol. The van der Waals surface area contributed by atoms with Crippen molar-refractivity contribution in [1.29, 1.82) is 0 Å². The number of hydrogen-bond donors (Lipinski definition) is 1. The lowest BCUT2D eigenvalue weighted by Gasteiger charge is -2.32. The second kappa shape index (κ2) is 7.63. The first-order valence-corrected chi connectivity index (χ1v) is 8.15. The largest absolute Gasteiger partial charge is 0.381 e. The van der Waals surface area contributed by atoms with Gasteiger partial charge in [0.05, 0.1) is 6.61 Å². The Kier molecular flexibility index (Phi) is 6.14. The molecule has 1 fully saturated rings. The minimum Gasteiger partial charge on any atom is -0.381 e. The van der Waals surface area contributed by atoms with E-state index in [1.54, 1.807) is 0 Å². The summed E-state index contributed by atoms with van der Waals surface area (Å²) in [5.74, 6) is 0.513. The van der Waals surface area contributed by atoms with Crippen molar-refractivity contribution in [3.05, 3.63) is 33.3 Å². The highest BCUT2D eigenvalue weighted by Gasteiger charge is 2.26. The molecule has 1 aliphatic rings. The number of hydrogen-bond acceptors (Lipinski definition) is 2. The Balaban J connectivity index is 2.19. The van der Waals surface area contributed by atoms with Gasteiger partial charge in [-0.25, -0.2) is 0 Å². The maximum absolute atomic E-state index is 6.41. The van der Waals surface area contributed by atoms with Gasteiger partial charge < -0.3 is 10.1 Å². The summed E-state index contributed by atoms with van der Waals surface area (Å²) in [7, 11) is 0. The lowest BCUT2D eigenvalue weighted by atomic mass is 9.88. The SMILES string of the molecule is CCCNC(c1ccc(Br)cc1Cl)C1CCCOC1. The fraction of sp³-hybridized carbons (Fsp3) is 0.600. The van der Waals surface area contributed by atoms with Crippen molar-refractivity contribution in [1.82, 2.24) is 5.32 Å². The predicted molar refractivity (Wildman–Crippen MR) is 83.7 cm³/mol. The Bertz CT molecular complexity index is 407. The third-order valence-corrected chi connectivity index (χ3v) is 4.40. The monoisotopic (exact) mass is 345 g/mol. The molecule has 1 aromatic rings. The van der Waals surface area contributed by atoms with E-state index in [0.717, 1.165) is 42.1 Å². The average Bonchev–Trinajstić information content (AvgIpc) is 2.42. The molecule has 2 nitrogen and oxygen atoms in total. The van der Waals surface area contributed by atoms with Crippen LogP contribution in [0.3, 0.4) is 0 Å². The summed E-state index contributed by atoms with van der Waals surface area (Å²) in [6, 6.07) is 6.45. The van der Waals surface area contributed by atoms with Crippen LogP contribution in [0.1, 0.15) is 37.8 Å². The van der Waals surface area contributed by atoms with Crippen molar-refractivity contribution in [2.45, 2.75) is 32.2 Å². The van der Waals surface area contributed by atoms with E-state index in [2.05, 4.69) is 40.3 Å². The van der Waals surface area contributed by atoms with Crippen LogP contribution in [0.25, 0.3) is 0 Å². The summed E-state index contributed by atoms with van der Waals surface area (Å²) in [5, 5.41) is 4.46. The maximum atomic E-state index is 6.41. The Morgan fingerprint density at radius 2 is 2.37 bits per heavy atom. The molecule has 0 saturated carbocycles. The number of ether oxygens (including phenoxy) is 1. The van der Waals surface area contributed by atoms with Crippen molar-refractivity contribution < 1.29 is 4.74 Å².